The molecule has 0 saturated carbocycles. The zero-order chi connectivity index (χ0) is 21.0. The van der Waals surface area contributed by atoms with Gasteiger partial charge in [-0.15, -0.1) is 0 Å². The molecule has 0 aromatic heterocycles. The number of amides is 1. The molecule has 0 radical (unpaired) electrons. The molecule has 0 spiro atoms. The predicted octanol–water partition coefficient (Wildman–Crippen LogP) is 3.65. The Kier molecular flexibility index (Phi) is 7.23. The number of methoxy groups -OCH3 is 1. The first-order valence-corrected chi connectivity index (χ1v) is 12.7. The molecular formula is C20H25NO5S3. The molecule has 0 bridgehead atoms. The number of benzene rings is 1. The Morgan fingerprint density at radius 2 is 2.10 bits per heavy atom. The van der Waals surface area contributed by atoms with Crippen molar-refractivity contribution in [2.75, 3.05) is 25.2 Å². The summed E-state index contributed by atoms with van der Waals surface area (Å²) in [5.74, 6) is 1.12. The van der Waals surface area contributed by atoms with Crippen LogP contribution in [0.5, 0.6) is 11.5 Å². The number of rotatable bonds is 8. The fourth-order valence-electron chi connectivity index (χ4n) is 3.35. The second-order valence-electron chi connectivity index (χ2n) is 7.07. The number of thiocarbonyl (C=S) groups is 1. The van der Waals surface area contributed by atoms with Gasteiger partial charge in [-0.05, 0) is 36.6 Å². The fourth-order valence-corrected chi connectivity index (χ4v) is 6.45. The Morgan fingerprint density at radius 3 is 2.76 bits per heavy atom. The van der Waals surface area contributed by atoms with E-state index in [4.69, 9.17) is 21.7 Å². The number of sulfone groups is 1. The Labute approximate surface area is 181 Å². The number of ether oxygens (including phenoxy) is 2. The minimum absolute atomic E-state index is 0.0232. The van der Waals surface area contributed by atoms with E-state index in [1.165, 1.54) is 16.7 Å². The molecule has 2 saturated heterocycles. The lowest BCUT2D eigenvalue weighted by atomic mass is 10.1. The van der Waals surface area contributed by atoms with E-state index in [1.54, 1.807) is 13.2 Å². The summed E-state index contributed by atoms with van der Waals surface area (Å²) in [5, 5.41) is 0. The van der Waals surface area contributed by atoms with Crippen LogP contribution in [0.4, 0.5) is 0 Å². The second kappa shape index (κ2) is 9.49. The van der Waals surface area contributed by atoms with Crippen LogP contribution < -0.4 is 9.47 Å². The second-order valence-corrected chi connectivity index (χ2v) is 11.0. The van der Waals surface area contributed by atoms with Crippen molar-refractivity contribution in [3.8, 4) is 11.5 Å². The molecule has 1 aromatic rings. The monoisotopic (exact) mass is 455 g/mol. The van der Waals surface area contributed by atoms with Crippen molar-refractivity contribution >= 4 is 50.1 Å². The SMILES string of the molecule is CCCCCOc1ccc(/C=C2/SC(=S)N([C@@H]3CCS(=O)(=O)C3)C2=O)cc1OC. The minimum atomic E-state index is -3.09. The van der Waals surface area contributed by atoms with Crippen molar-refractivity contribution in [3.05, 3.63) is 28.7 Å². The first kappa shape index (κ1) is 22.1. The van der Waals surface area contributed by atoms with Crippen LogP contribution in [0.2, 0.25) is 0 Å². The third-order valence-electron chi connectivity index (χ3n) is 4.89. The van der Waals surface area contributed by atoms with Crippen LogP contribution in [0.15, 0.2) is 23.1 Å². The molecule has 2 heterocycles. The van der Waals surface area contributed by atoms with Crippen molar-refractivity contribution in [2.45, 2.75) is 38.6 Å². The molecule has 9 heteroatoms. The van der Waals surface area contributed by atoms with Gasteiger partial charge in [0.25, 0.3) is 5.91 Å². The van der Waals surface area contributed by atoms with Crippen LogP contribution >= 0.6 is 24.0 Å². The van der Waals surface area contributed by atoms with Crippen molar-refractivity contribution < 1.29 is 22.7 Å². The number of nitrogens with zero attached hydrogens (tertiary/aromatic N) is 1. The molecule has 2 aliphatic rings. The van der Waals surface area contributed by atoms with Crippen LogP contribution in [-0.2, 0) is 14.6 Å². The third-order valence-corrected chi connectivity index (χ3v) is 7.97. The van der Waals surface area contributed by atoms with Gasteiger partial charge in [0.05, 0.1) is 36.2 Å². The van der Waals surface area contributed by atoms with Crippen molar-refractivity contribution in [2.24, 2.45) is 0 Å². The lowest BCUT2D eigenvalue weighted by Gasteiger charge is -2.20. The average molecular weight is 456 g/mol. The highest BCUT2D eigenvalue weighted by atomic mass is 32.2. The number of hydrogen-bond donors (Lipinski definition) is 0. The molecular weight excluding hydrogens is 430 g/mol. The Bertz CT molecular complexity index is 926. The smallest absolute Gasteiger partial charge is 0.266 e. The van der Waals surface area contributed by atoms with E-state index < -0.39 is 9.84 Å². The van der Waals surface area contributed by atoms with E-state index in [1.807, 2.05) is 18.2 Å². The van der Waals surface area contributed by atoms with Gasteiger partial charge < -0.3 is 9.47 Å². The lowest BCUT2D eigenvalue weighted by Crippen LogP contribution is -2.39. The number of carbonyl (C=O) groups is 1. The maximum atomic E-state index is 12.8. The molecule has 0 aliphatic carbocycles. The fraction of sp³-hybridized carbons (Fsp3) is 0.500. The van der Waals surface area contributed by atoms with E-state index in [0.717, 1.165) is 24.8 Å². The maximum Gasteiger partial charge on any atom is 0.266 e. The number of hydrogen-bond acceptors (Lipinski definition) is 7. The van der Waals surface area contributed by atoms with Crippen molar-refractivity contribution in [1.29, 1.82) is 0 Å². The van der Waals surface area contributed by atoms with Crippen LogP contribution in [0, 0.1) is 0 Å². The standard InChI is InChI=1S/C20H25NO5S3/c1-3-4-5-9-26-16-7-6-14(11-17(16)25-2)12-18-19(22)21(20(27)28-18)15-8-10-29(23,24)13-15/h6-7,11-12,15H,3-5,8-10,13H2,1-2H3/b18-12+/t15-/m1/s1. The third kappa shape index (κ3) is 5.32. The van der Waals surface area contributed by atoms with Crippen LogP contribution in [0.25, 0.3) is 6.08 Å². The molecule has 2 aliphatic heterocycles. The van der Waals surface area contributed by atoms with Crippen molar-refractivity contribution in [1.82, 2.24) is 4.90 Å². The molecule has 1 atom stereocenters. The summed E-state index contributed by atoms with van der Waals surface area (Å²) >= 11 is 6.55. The summed E-state index contributed by atoms with van der Waals surface area (Å²) in [5.41, 5.74) is 0.794. The van der Waals surface area contributed by atoms with E-state index in [0.29, 0.717) is 33.8 Å². The van der Waals surface area contributed by atoms with E-state index >= 15 is 0 Å². The number of carbonyl (C=O) groups excluding carboxylic acids is 1. The van der Waals surface area contributed by atoms with Gasteiger partial charge in [-0.2, -0.15) is 0 Å². The molecule has 0 unspecified atom stereocenters. The molecule has 1 amide bonds. The highest BCUT2D eigenvalue weighted by Crippen LogP contribution is 2.37. The van der Waals surface area contributed by atoms with Gasteiger partial charge in [-0.25, -0.2) is 8.42 Å². The summed E-state index contributed by atoms with van der Waals surface area (Å²) in [6.45, 7) is 2.77. The molecule has 3 rings (SSSR count). The molecule has 0 N–H and O–H groups in total. The van der Waals surface area contributed by atoms with Gasteiger partial charge in [0.1, 0.15) is 4.32 Å². The summed E-state index contributed by atoms with van der Waals surface area (Å²) in [4.78, 5) is 14.8. The first-order valence-electron chi connectivity index (χ1n) is 9.63. The zero-order valence-corrected chi connectivity index (χ0v) is 19.0. The van der Waals surface area contributed by atoms with E-state index in [2.05, 4.69) is 6.92 Å². The largest absolute Gasteiger partial charge is 0.493 e. The Balaban J connectivity index is 1.74. The molecule has 158 valence electrons. The zero-order valence-electron chi connectivity index (χ0n) is 16.5. The van der Waals surface area contributed by atoms with Gasteiger partial charge in [-0.3, -0.25) is 9.69 Å². The van der Waals surface area contributed by atoms with E-state index in [-0.39, 0.29) is 23.5 Å². The summed E-state index contributed by atoms with van der Waals surface area (Å²) in [6, 6.07) is 5.15. The van der Waals surface area contributed by atoms with Gasteiger partial charge in [0.2, 0.25) is 0 Å². The molecule has 29 heavy (non-hydrogen) atoms. The van der Waals surface area contributed by atoms with Gasteiger partial charge in [0.15, 0.2) is 21.3 Å². The Morgan fingerprint density at radius 1 is 1.31 bits per heavy atom. The maximum absolute atomic E-state index is 12.8. The Hall–Kier alpha value is -1.58. The normalized spacial score (nSPS) is 22.5. The molecule has 6 nitrogen and oxygen atoms in total. The summed E-state index contributed by atoms with van der Waals surface area (Å²) in [6.07, 6.45) is 5.42. The molecule has 2 fully saturated rings. The van der Waals surface area contributed by atoms with Gasteiger partial charge >= 0.3 is 0 Å². The predicted molar refractivity (Wildman–Crippen MR) is 120 cm³/mol. The number of unbranched alkanes of at least 4 members (excludes halogenated alkanes) is 2. The van der Waals surface area contributed by atoms with Gasteiger partial charge in [0, 0.05) is 0 Å². The summed E-state index contributed by atoms with van der Waals surface area (Å²) in [7, 11) is -1.51. The van der Waals surface area contributed by atoms with Crippen LogP contribution in [-0.4, -0.2) is 54.8 Å². The summed E-state index contributed by atoms with van der Waals surface area (Å²) < 4.78 is 35.2. The average Bonchev–Trinajstić information content (AvgIpc) is 3.17. The van der Waals surface area contributed by atoms with Crippen LogP contribution in [0.3, 0.4) is 0 Å². The lowest BCUT2D eigenvalue weighted by molar-refractivity contribution is -0.123. The number of thioether (sulfide) groups is 1. The van der Waals surface area contributed by atoms with Gasteiger partial charge in [-0.1, -0.05) is 49.8 Å². The molecule has 1 aromatic carbocycles. The topological polar surface area (TPSA) is 72.9 Å². The van der Waals surface area contributed by atoms with Crippen LogP contribution in [0.1, 0.15) is 38.2 Å². The highest BCUT2D eigenvalue weighted by molar-refractivity contribution is 8.26. The first-order chi connectivity index (χ1) is 13.8. The highest BCUT2D eigenvalue weighted by Gasteiger charge is 2.42. The van der Waals surface area contributed by atoms with E-state index in [9.17, 15) is 13.2 Å². The quantitative estimate of drug-likeness (QED) is 0.336. The minimum Gasteiger partial charge on any atom is -0.493 e. The van der Waals surface area contributed by atoms with Crippen molar-refractivity contribution in [3.63, 3.8) is 0 Å².